The fraction of sp³-hybridized carbons (Fsp3) is 0.704. The number of carboxylic acids is 1. The molecule has 0 aliphatic rings. The van der Waals surface area contributed by atoms with E-state index < -0.39 is 5.97 Å². The second-order valence-corrected chi connectivity index (χ2v) is 8.78. The minimum atomic E-state index is -0.767. The molecule has 0 saturated heterocycles. The van der Waals surface area contributed by atoms with Gasteiger partial charge >= 0.3 is 11.9 Å². The van der Waals surface area contributed by atoms with Crippen molar-refractivity contribution in [1.29, 1.82) is 0 Å². The quantitative estimate of drug-likeness (QED) is 0.171. The molecule has 0 saturated carbocycles. The van der Waals surface area contributed by atoms with E-state index in [0.29, 0.717) is 13.0 Å². The van der Waals surface area contributed by atoms with Crippen LogP contribution in [-0.4, -0.2) is 29.3 Å². The fourth-order valence-electron chi connectivity index (χ4n) is 3.98. The number of rotatable bonds is 20. The van der Waals surface area contributed by atoms with Crippen molar-refractivity contribution >= 4 is 11.9 Å². The molecule has 0 aromatic heterocycles. The maximum Gasteiger partial charge on any atom is 0.303 e. The number of benzene rings is 1. The van der Waals surface area contributed by atoms with Gasteiger partial charge in [0.1, 0.15) is 6.10 Å². The van der Waals surface area contributed by atoms with E-state index >= 15 is 0 Å². The normalized spacial score (nSPS) is 12.9. The number of esters is 1. The number of aliphatic carboxylic acids is 1. The lowest BCUT2D eigenvalue weighted by atomic mass is 10.0. The van der Waals surface area contributed by atoms with Crippen LogP contribution in [0.5, 0.6) is 0 Å². The van der Waals surface area contributed by atoms with Gasteiger partial charge in [-0.2, -0.15) is 0 Å². The Morgan fingerprint density at radius 2 is 1.41 bits per heavy atom. The second-order valence-electron chi connectivity index (χ2n) is 8.78. The Kier molecular flexibility index (Phi) is 16.4. The Labute approximate surface area is 194 Å². The first-order valence-corrected chi connectivity index (χ1v) is 12.6. The van der Waals surface area contributed by atoms with Gasteiger partial charge in [0.15, 0.2) is 0 Å². The Hall–Kier alpha value is -1.88. The van der Waals surface area contributed by atoms with Gasteiger partial charge in [-0.1, -0.05) is 75.8 Å². The third-order valence-corrected chi connectivity index (χ3v) is 5.76. The topological polar surface area (TPSA) is 72.8 Å². The summed E-state index contributed by atoms with van der Waals surface area (Å²) in [5.74, 6) is -0.979. The average molecular weight is 449 g/mol. The predicted molar refractivity (Wildman–Crippen MR) is 129 cm³/mol. The van der Waals surface area contributed by atoms with Gasteiger partial charge < -0.3 is 14.6 Å². The Morgan fingerprint density at radius 3 is 2.06 bits per heavy atom. The lowest BCUT2D eigenvalue weighted by Gasteiger charge is -2.21. The summed E-state index contributed by atoms with van der Waals surface area (Å²) in [7, 11) is 0. The highest BCUT2D eigenvalue weighted by Gasteiger charge is 2.15. The molecule has 0 heterocycles. The summed E-state index contributed by atoms with van der Waals surface area (Å²) in [6.07, 6.45) is 13.7. The van der Waals surface area contributed by atoms with E-state index in [0.717, 1.165) is 44.1 Å². The molecule has 5 nitrogen and oxygen atoms in total. The summed E-state index contributed by atoms with van der Waals surface area (Å²) >= 11 is 0. The van der Waals surface area contributed by atoms with Crippen LogP contribution in [0.25, 0.3) is 0 Å². The van der Waals surface area contributed by atoms with Gasteiger partial charge in [0, 0.05) is 13.3 Å². The molecule has 1 rings (SSSR count). The maximum atomic E-state index is 11.5. The van der Waals surface area contributed by atoms with Crippen molar-refractivity contribution in [3.8, 4) is 0 Å². The van der Waals surface area contributed by atoms with E-state index in [9.17, 15) is 9.59 Å². The van der Waals surface area contributed by atoms with Crippen molar-refractivity contribution in [2.45, 2.75) is 123 Å². The number of ether oxygens (including phenoxy) is 2. The van der Waals surface area contributed by atoms with Gasteiger partial charge in [0.05, 0.1) is 12.7 Å². The number of carbonyl (C=O) groups is 2. The summed E-state index contributed by atoms with van der Waals surface area (Å²) in [6, 6.07) is 10.0. The van der Waals surface area contributed by atoms with Crippen molar-refractivity contribution < 1.29 is 24.2 Å². The van der Waals surface area contributed by atoms with E-state index in [4.69, 9.17) is 14.6 Å². The molecule has 2 unspecified atom stereocenters. The van der Waals surface area contributed by atoms with E-state index in [1.54, 1.807) is 0 Å². The third-order valence-electron chi connectivity index (χ3n) is 5.76. The van der Waals surface area contributed by atoms with Crippen molar-refractivity contribution in [3.05, 3.63) is 35.9 Å². The molecule has 0 radical (unpaired) electrons. The molecule has 182 valence electrons. The summed E-state index contributed by atoms with van der Waals surface area (Å²) < 4.78 is 11.7. The van der Waals surface area contributed by atoms with Crippen LogP contribution in [0.2, 0.25) is 0 Å². The summed E-state index contributed by atoms with van der Waals surface area (Å²) in [6.45, 7) is 4.24. The number of carboxylic acid groups (broad SMARTS) is 1. The first-order chi connectivity index (χ1) is 15.5. The van der Waals surface area contributed by atoms with Crippen molar-refractivity contribution in [3.63, 3.8) is 0 Å². The van der Waals surface area contributed by atoms with Gasteiger partial charge in [-0.3, -0.25) is 9.59 Å². The Bertz CT molecular complexity index is 601. The average Bonchev–Trinajstić information content (AvgIpc) is 2.76. The summed E-state index contributed by atoms with van der Waals surface area (Å²) in [5.41, 5.74) is 1.12. The Balaban J connectivity index is 2.40. The van der Waals surface area contributed by atoms with Gasteiger partial charge in [-0.15, -0.1) is 0 Å². The molecule has 0 bridgehead atoms. The third kappa shape index (κ3) is 15.9. The van der Waals surface area contributed by atoms with Gasteiger partial charge in [0.25, 0.3) is 0 Å². The largest absolute Gasteiger partial charge is 0.481 e. The number of hydrogen-bond acceptors (Lipinski definition) is 4. The van der Waals surface area contributed by atoms with E-state index in [2.05, 4.69) is 6.92 Å². The predicted octanol–water partition coefficient (Wildman–Crippen LogP) is 7.07. The number of hydrogen-bond donors (Lipinski definition) is 1. The minimum Gasteiger partial charge on any atom is -0.481 e. The molecule has 0 aliphatic carbocycles. The minimum absolute atomic E-state index is 0.0195. The van der Waals surface area contributed by atoms with E-state index in [1.165, 1.54) is 45.4 Å². The monoisotopic (exact) mass is 448 g/mol. The van der Waals surface area contributed by atoms with Crippen LogP contribution in [0.4, 0.5) is 0 Å². The summed E-state index contributed by atoms with van der Waals surface area (Å²) in [4.78, 5) is 22.4. The number of unbranched alkanes of at least 4 members (excludes halogenated alkanes) is 6. The zero-order chi connectivity index (χ0) is 23.4. The SMILES string of the molecule is CCCCCCCCCC(CCCC(CCCC(=O)O)OCc1ccccc1)OC(C)=O. The first-order valence-electron chi connectivity index (χ1n) is 12.6. The van der Waals surface area contributed by atoms with Gasteiger partial charge in [-0.05, 0) is 50.5 Å². The highest BCUT2D eigenvalue weighted by atomic mass is 16.5. The lowest BCUT2D eigenvalue weighted by Crippen LogP contribution is -2.19. The molecular formula is C27H44O5. The second kappa shape index (κ2) is 18.7. The molecule has 0 spiro atoms. The van der Waals surface area contributed by atoms with Crippen molar-refractivity contribution in [2.75, 3.05) is 0 Å². The van der Waals surface area contributed by atoms with E-state index in [1.807, 2.05) is 30.3 Å². The van der Waals surface area contributed by atoms with Gasteiger partial charge in [-0.25, -0.2) is 0 Å². The highest BCUT2D eigenvalue weighted by molar-refractivity contribution is 5.66. The van der Waals surface area contributed by atoms with Crippen molar-refractivity contribution in [2.24, 2.45) is 0 Å². The van der Waals surface area contributed by atoms with E-state index in [-0.39, 0.29) is 24.6 Å². The zero-order valence-corrected chi connectivity index (χ0v) is 20.2. The van der Waals surface area contributed by atoms with Crippen LogP contribution < -0.4 is 0 Å². The first kappa shape index (κ1) is 28.2. The fourth-order valence-corrected chi connectivity index (χ4v) is 3.98. The van der Waals surface area contributed by atoms with Crippen LogP contribution in [0.3, 0.4) is 0 Å². The zero-order valence-electron chi connectivity index (χ0n) is 20.2. The molecule has 1 aromatic carbocycles. The Morgan fingerprint density at radius 1 is 0.812 bits per heavy atom. The molecular weight excluding hydrogens is 404 g/mol. The molecule has 1 N–H and O–H groups in total. The smallest absolute Gasteiger partial charge is 0.303 e. The van der Waals surface area contributed by atoms with Crippen LogP contribution in [0, 0.1) is 0 Å². The maximum absolute atomic E-state index is 11.5. The number of carbonyl (C=O) groups excluding carboxylic acids is 1. The van der Waals surface area contributed by atoms with Gasteiger partial charge in [0.2, 0.25) is 0 Å². The molecule has 0 amide bonds. The highest BCUT2D eigenvalue weighted by Crippen LogP contribution is 2.20. The van der Waals surface area contributed by atoms with Crippen LogP contribution in [-0.2, 0) is 25.7 Å². The molecule has 2 atom stereocenters. The lowest BCUT2D eigenvalue weighted by molar-refractivity contribution is -0.147. The molecule has 5 heteroatoms. The van der Waals surface area contributed by atoms with Crippen LogP contribution >= 0.6 is 0 Å². The van der Waals surface area contributed by atoms with Crippen molar-refractivity contribution in [1.82, 2.24) is 0 Å². The van der Waals surface area contributed by atoms with Crippen LogP contribution in [0.1, 0.15) is 109 Å². The van der Waals surface area contributed by atoms with Crippen LogP contribution in [0.15, 0.2) is 30.3 Å². The molecule has 32 heavy (non-hydrogen) atoms. The molecule has 0 aliphatic heterocycles. The summed E-state index contributed by atoms with van der Waals surface area (Å²) in [5, 5.41) is 8.94. The molecule has 0 fully saturated rings. The molecule has 1 aromatic rings. The standard InChI is InChI=1S/C27H44O5/c1-3-4-5-6-7-8-12-17-26(32-23(2)28)20-13-18-25(19-14-21-27(29)30)31-22-24-15-10-9-11-16-24/h9-11,15-16,25-26H,3-8,12-14,17-22H2,1-2H3,(H,29,30).